The second kappa shape index (κ2) is 6.28. The third kappa shape index (κ3) is 2.79. The Kier molecular flexibility index (Phi) is 4.64. The molecule has 6 nitrogen and oxygen atoms in total. The number of fused-ring (bicyclic) bond motifs is 2. The summed E-state index contributed by atoms with van der Waals surface area (Å²) in [7, 11) is 0. The van der Waals surface area contributed by atoms with Crippen LogP contribution in [0.15, 0.2) is 15.0 Å². The van der Waals surface area contributed by atoms with E-state index >= 15 is 0 Å². The van der Waals surface area contributed by atoms with Crippen LogP contribution >= 0.6 is 0 Å². The first-order valence-electron chi connectivity index (χ1n) is 7.27. The van der Waals surface area contributed by atoms with Crippen LogP contribution in [-0.4, -0.2) is 36.9 Å². The molecule has 4 atom stereocenters. The largest absolute Gasteiger partial charge is 0.235 e. The molecule has 2 fully saturated rings. The molecular formula is C15H19N3O3. The summed E-state index contributed by atoms with van der Waals surface area (Å²) in [6.07, 6.45) is 9.03. The van der Waals surface area contributed by atoms with Gasteiger partial charge in [-0.15, -0.1) is 0 Å². The molecule has 0 N–H and O–H groups in total. The summed E-state index contributed by atoms with van der Waals surface area (Å²) in [5, 5.41) is 0. The Balaban J connectivity index is 2.12. The smallest absolute Gasteiger partial charge is 0.211 e. The lowest BCUT2D eigenvalue weighted by molar-refractivity contribution is 0.125. The molecule has 0 spiro atoms. The second-order valence-electron chi connectivity index (χ2n) is 6.44. The van der Waals surface area contributed by atoms with E-state index in [4.69, 9.17) is 0 Å². The van der Waals surface area contributed by atoms with E-state index in [1.807, 2.05) is 0 Å². The van der Waals surface area contributed by atoms with Crippen molar-refractivity contribution < 1.29 is 14.4 Å². The number of carbonyl (C=O) groups excluding carboxylic acids is 3. The number of hydrogen-bond donors (Lipinski definition) is 0. The third-order valence-electron chi connectivity index (χ3n) is 5.39. The van der Waals surface area contributed by atoms with Gasteiger partial charge in [-0.25, -0.2) is 24.4 Å². The van der Waals surface area contributed by atoms with Crippen molar-refractivity contribution in [1.82, 2.24) is 0 Å². The molecule has 0 radical (unpaired) electrons. The van der Waals surface area contributed by atoms with Crippen molar-refractivity contribution in [3.8, 4) is 0 Å². The lowest BCUT2D eigenvalue weighted by atomic mass is 9.66. The van der Waals surface area contributed by atoms with E-state index in [1.165, 1.54) is 6.08 Å². The normalized spacial score (nSPS) is 36.4. The molecule has 2 saturated carbocycles. The zero-order valence-electron chi connectivity index (χ0n) is 12.2. The van der Waals surface area contributed by atoms with E-state index < -0.39 is 5.54 Å². The predicted octanol–water partition coefficient (Wildman–Crippen LogP) is 1.95. The maximum Gasteiger partial charge on any atom is 0.235 e. The summed E-state index contributed by atoms with van der Waals surface area (Å²) < 4.78 is 0. The van der Waals surface area contributed by atoms with Gasteiger partial charge in [-0.3, -0.25) is 0 Å². The Morgan fingerprint density at radius 1 is 1.05 bits per heavy atom. The maximum absolute atomic E-state index is 10.9. The van der Waals surface area contributed by atoms with Gasteiger partial charge in [0.15, 0.2) is 0 Å². The van der Waals surface area contributed by atoms with E-state index in [0.717, 1.165) is 25.7 Å². The predicted molar refractivity (Wildman–Crippen MR) is 75.0 cm³/mol. The lowest BCUT2D eigenvalue weighted by Gasteiger charge is -2.42. The topological polar surface area (TPSA) is 88.3 Å². The lowest BCUT2D eigenvalue weighted by Crippen LogP contribution is -2.43. The summed E-state index contributed by atoms with van der Waals surface area (Å²) in [4.78, 5) is 42.7. The monoisotopic (exact) mass is 289 g/mol. The number of rotatable bonds is 7. The Morgan fingerprint density at radius 2 is 1.81 bits per heavy atom. The minimum absolute atomic E-state index is 0.0664. The number of aliphatic imine (C=N–C) groups is 3. The van der Waals surface area contributed by atoms with Crippen molar-refractivity contribution in [3.05, 3.63) is 0 Å². The number of isocyanates is 3. The standard InChI is InChI=1S/C15H19N3O3/c1-14-5-12(13(6-14)8-17-10-20)7-15(14,18-11-21)3-2-4-16-9-19/h12-13H,2-8H2,1H3. The van der Waals surface area contributed by atoms with Crippen LogP contribution in [0.3, 0.4) is 0 Å². The highest BCUT2D eigenvalue weighted by molar-refractivity contribution is 5.37. The Morgan fingerprint density at radius 3 is 2.38 bits per heavy atom. The van der Waals surface area contributed by atoms with Gasteiger partial charge in [0, 0.05) is 0 Å². The zero-order valence-corrected chi connectivity index (χ0v) is 12.2. The molecule has 0 saturated heterocycles. The fraction of sp³-hybridized carbons (Fsp3) is 0.800. The van der Waals surface area contributed by atoms with Crippen molar-refractivity contribution in [1.29, 1.82) is 0 Å². The van der Waals surface area contributed by atoms with Crippen LogP contribution in [0.4, 0.5) is 0 Å². The van der Waals surface area contributed by atoms with Crippen LogP contribution in [0.5, 0.6) is 0 Å². The molecule has 112 valence electrons. The molecule has 6 heteroatoms. The van der Waals surface area contributed by atoms with Gasteiger partial charge in [0.2, 0.25) is 18.2 Å². The molecule has 0 aromatic heterocycles. The minimum Gasteiger partial charge on any atom is -0.211 e. The highest BCUT2D eigenvalue weighted by Gasteiger charge is 2.62. The fourth-order valence-electron chi connectivity index (χ4n) is 4.47. The van der Waals surface area contributed by atoms with Gasteiger partial charge in [0.25, 0.3) is 0 Å². The molecule has 4 unspecified atom stereocenters. The molecule has 0 heterocycles. The summed E-state index contributed by atoms with van der Waals surface area (Å²) in [6.45, 7) is 3.08. The molecule has 2 aliphatic carbocycles. The van der Waals surface area contributed by atoms with Gasteiger partial charge in [-0.1, -0.05) is 6.92 Å². The van der Waals surface area contributed by atoms with E-state index in [-0.39, 0.29) is 5.41 Å². The van der Waals surface area contributed by atoms with Crippen LogP contribution in [0.25, 0.3) is 0 Å². The summed E-state index contributed by atoms with van der Waals surface area (Å²) >= 11 is 0. The Hall–Kier alpha value is -1.86. The SMILES string of the molecule is CC12CC(CN=C=O)C(C1)CC2(CCCN=C=O)N=C=O. The van der Waals surface area contributed by atoms with Crippen molar-refractivity contribution in [3.63, 3.8) is 0 Å². The first-order chi connectivity index (χ1) is 10.1. The van der Waals surface area contributed by atoms with E-state index in [1.54, 1.807) is 12.2 Å². The van der Waals surface area contributed by atoms with Crippen LogP contribution in [0.2, 0.25) is 0 Å². The van der Waals surface area contributed by atoms with Crippen molar-refractivity contribution >= 4 is 18.2 Å². The molecule has 2 aliphatic rings. The van der Waals surface area contributed by atoms with Gasteiger partial charge in [0.1, 0.15) is 0 Å². The Bertz CT molecular complexity index is 544. The van der Waals surface area contributed by atoms with E-state index in [9.17, 15) is 14.4 Å². The number of nitrogens with zero attached hydrogens (tertiary/aromatic N) is 3. The first-order valence-corrected chi connectivity index (χ1v) is 7.27. The molecule has 0 aliphatic heterocycles. The van der Waals surface area contributed by atoms with Gasteiger partial charge in [-0.05, 0) is 49.4 Å². The summed E-state index contributed by atoms with van der Waals surface area (Å²) in [6, 6.07) is 0. The highest BCUT2D eigenvalue weighted by Crippen LogP contribution is 2.64. The van der Waals surface area contributed by atoms with Crippen molar-refractivity contribution in [2.24, 2.45) is 32.2 Å². The summed E-state index contributed by atoms with van der Waals surface area (Å²) in [5.41, 5.74) is -0.470. The molecule has 2 rings (SSSR count). The Labute approximate surface area is 123 Å². The van der Waals surface area contributed by atoms with Crippen LogP contribution in [-0.2, 0) is 14.4 Å². The molecule has 2 bridgehead atoms. The molecule has 0 aromatic carbocycles. The second-order valence-corrected chi connectivity index (χ2v) is 6.44. The van der Waals surface area contributed by atoms with Crippen molar-refractivity contribution in [2.45, 2.75) is 44.6 Å². The van der Waals surface area contributed by atoms with E-state index in [2.05, 4.69) is 21.9 Å². The van der Waals surface area contributed by atoms with Gasteiger partial charge in [-0.2, -0.15) is 4.99 Å². The molecule has 0 amide bonds. The highest BCUT2D eigenvalue weighted by atomic mass is 16.1. The van der Waals surface area contributed by atoms with Crippen LogP contribution in [0.1, 0.15) is 39.0 Å². The van der Waals surface area contributed by atoms with Crippen LogP contribution in [0, 0.1) is 17.3 Å². The van der Waals surface area contributed by atoms with E-state index in [0.29, 0.717) is 31.3 Å². The minimum atomic E-state index is -0.404. The first kappa shape index (κ1) is 15.5. The van der Waals surface area contributed by atoms with Gasteiger partial charge in [0.05, 0.1) is 18.6 Å². The molecular weight excluding hydrogens is 270 g/mol. The van der Waals surface area contributed by atoms with Crippen molar-refractivity contribution in [2.75, 3.05) is 13.1 Å². The third-order valence-corrected chi connectivity index (χ3v) is 5.39. The molecule has 21 heavy (non-hydrogen) atoms. The summed E-state index contributed by atoms with van der Waals surface area (Å²) in [5.74, 6) is 0.804. The fourth-order valence-corrected chi connectivity index (χ4v) is 4.47. The van der Waals surface area contributed by atoms with Gasteiger partial charge >= 0.3 is 0 Å². The average Bonchev–Trinajstić information content (AvgIpc) is 2.92. The van der Waals surface area contributed by atoms with Crippen LogP contribution < -0.4 is 0 Å². The maximum atomic E-state index is 10.9. The zero-order chi connectivity index (χ0) is 15.3. The average molecular weight is 289 g/mol. The van der Waals surface area contributed by atoms with Gasteiger partial charge < -0.3 is 0 Å². The quantitative estimate of drug-likeness (QED) is 0.407. The number of hydrogen-bond acceptors (Lipinski definition) is 6. The molecule has 0 aromatic rings.